The zero-order valence-electron chi connectivity index (χ0n) is 14.9. The summed E-state index contributed by atoms with van der Waals surface area (Å²) in [6, 6.07) is 13.9. The van der Waals surface area contributed by atoms with Gasteiger partial charge < -0.3 is 5.32 Å². The highest BCUT2D eigenvalue weighted by atomic mass is 32.2. The van der Waals surface area contributed by atoms with E-state index in [0.29, 0.717) is 9.99 Å². The molecule has 1 amide bonds. The zero-order valence-corrected chi connectivity index (χ0v) is 15.7. The van der Waals surface area contributed by atoms with Gasteiger partial charge in [-0.1, -0.05) is 24.3 Å². The lowest BCUT2D eigenvalue weighted by molar-refractivity contribution is -0.114. The first kappa shape index (κ1) is 20.4. The van der Waals surface area contributed by atoms with Crippen LogP contribution in [-0.2, 0) is 21.4 Å². The molecule has 0 aliphatic heterocycles. The third-order valence-electron chi connectivity index (χ3n) is 3.67. The van der Waals surface area contributed by atoms with Crippen LogP contribution in [0.15, 0.2) is 48.5 Å². The molecule has 0 spiro atoms. The molecule has 0 fully saturated rings. The molecule has 0 aromatic heterocycles. The number of halogens is 1. The van der Waals surface area contributed by atoms with E-state index in [9.17, 15) is 17.6 Å². The van der Waals surface area contributed by atoms with Crippen molar-refractivity contribution >= 4 is 27.5 Å². The van der Waals surface area contributed by atoms with Gasteiger partial charge in [-0.05, 0) is 29.8 Å². The van der Waals surface area contributed by atoms with Crippen LogP contribution in [0.2, 0.25) is 0 Å². The molecular formula is C18H19FN4O3S. The summed E-state index contributed by atoms with van der Waals surface area (Å²) in [4.78, 5) is 12.4. The van der Waals surface area contributed by atoms with Crippen molar-refractivity contribution in [3.8, 4) is 6.07 Å². The Bertz CT molecular complexity index is 953. The summed E-state index contributed by atoms with van der Waals surface area (Å²) < 4.78 is 40.9. The predicted molar refractivity (Wildman–Crippen MR) is 101 cm³/mol. The van der Waals surface area contributed by atoms with Crippen LogP contribution in [0, 0.1) is 17.1 Å². The molecule has 27 heavy (non-hydrogen) atoms. The van der Waals surface area contributed by atoms with Gasteiger partial charge in [0, 0.05) is 19.8 Å². The Balaban J connectivity index is 2.24. The van der Waals surface area contributed by atoms with Crippen molar-refractivity contribution in [1.29, 1.82) is 5.26 Å². The number of nitriles is 1. The Kier molecular flexibility index (Phi) is 6.50. The van der Waals surface area contributed by atoms with Gasteiger partial charge >= 0.3 is 10.2 Å². The summed E-state index contributed by atoms with van der Waals surface area (Å²) in [5.74, 6) is -1.38. The van der Waals surface area contributed by atoms with Crippen molar-refractivity contribution in [1.82, 2.24) is 4.31 Å². The first-order valence-corrected chi connectivity index (χ1v) is 9.36. The van der Waals surface area contributed by atoms with Crippen LogP contribution < -0.4 is 9.62 Å². The number of nitrogens with zero attached hydrogens (tertiary/aromatic N) is 3. The topological polar surface area (TPSA) is 93.5 Å². The Morgan fingerprint density at radius 2 is 1.78 bits per heavy atom. The second kappa shape index (κ2) is 8.62. The molecule has 0 unspecified atom stereocenters. The maximum Gasteiger partial charge on any atom is 0.304 e. The third kappa shape index (κ3) is 5.03. The summed E-state index contributed by atoms with van der Waals surface area (Å²) in [7, 11) is -1.48. The molecule has 2 aromatic rings. The van der Waals surface area contributed by atoms with Crippen LogP contribution in [0.5, 0.6) is 0 Å². The summed E-state index contributed by atoms with van der Waals surface area (Å²) >= 11 is 0. The Labute approximate surface area is 157 Å². The van der Waals surface area contributed by atoms with Crippen molar-refractivity contribution in [3.63, 3.8) is 0 Å². The Morgan fingerprint density at radius 3 is 2.33 bits per heavy atom. The number of hydrogen-bond donors (Lipinski definition) is 1. The molecule has 0 saturated heterocycles. The smallest absolute Gasteiger partial charge is 0.304 e. The molecular weight excluding hydrogens is 371 g/mol. The van der Waals surface area contributed by atoms with E-state index in [1.807, 2.05) is 6.07 Å². The molecule has 0 aliphatic carbocycles. The van der Waals surface area contributed by atoms with Gasteiger partial charge in [0.1, 0.15) is 12.4 Å². The van der Waals surface area contributed by atoms with E-state index in [0.717, 1.165) is 15.9 Å². The van der Waals surface area contributed by atoms with Crippen LogP contribution in [0.3, 0.4) is 0 Å². The van der Waals surface area contributed by atoms with Crippen LogP contribution in [0.4, 0.5) is 15.8 Å². The van der Waals surface area contributed by atoms with E-state index in [1.165, 1.54) is 32.3 Å². The summed E-state index contributed by atoms with van der Waals surface area (Å²) in [5.41, 5.74) is 1.02. The number of nitrogens with one attached hydrogen (secondary N) is 1. The number of hydrogen-bond acceptors (Lipinski definition) is 4. The Morgan fingerprint density at radius 1 is 1.15 bits per heavy atom. The van der Waals surface area contributed by atoms with Crippen molar-refractivity contribution in [3.05, 3.63) is 59.9 Å². The van der Waals surface area contributed by atoms with E-state index in [2.05, 4.69) is 5.32 Å². The van der Waals surface area contributed by atoms with Crippen molar-refractivity contribution in [2.75, 3.05) is 30.3 Å². The van der Waals surface area contributed by atoms with Gasteiger partial charge in [0.2, 0.25) is 5.91 Å². The average Bonchev–Trinajstić information content (AvgIpc) is 2.62. The van der Waals surface area contributed by atoms with Crippen LogP contribution in [0.25, 0.3) is 0 Å². The minimum absolute atomic E-state index is 0.217. The van der Waals surface area contributed by atoms with Gasteiger partial charge in [0.05, 0.1) is 18.2 Å². The van der Waals surface area contributed by atoms with Gasteiger partial charge in [-0.2, -0.15) is 18.0 Å². The maximum atomic E-state index is 14.1. The lowest BCUT2D eigenvalue weighted by Crippen LogP contribution is -2.44. The van der Waals surface area contributed by atoms with Crippen LogP contribution in [0.1, 0.15) is 5.56 Å². The van der Waals surface area contributed by atoms with Gasteiger partial charge in [-0.25, -0.2) is 8.70 Å². The normalized spacial score (nSPS) is 11.1. The summed E-state index contributed by atoms with van der Waals surface area (Å²) in [6.07, 6.45) is 0.246. The van der Waals surface area contributed by atoms with E-state index < -0.39 is 28.5 Å². The van der Waals surface area contributed by atoms with Crippen LogP contribution in [-0.4, -0.2) is 39.3 Å². The minimum atomic E-state index is -4.09. The Hall–Kier alpha value is -2.96. The predicted octanol–water partition coefficient (Wildman–Crippen LogP) is 2.14. The second-order valence-electron chi connectivity index (χ2n) is 5.83. The molecule has 0 atom stereocenters. The van der Waals surface area contributed by atoms with E-state index in [1.54, 1.807) is 24.3 Å². The van der Waals surface area contributed by atoms with Gasteiger partial charge in [0.25, 0.3) is 0 Å². The number of carbonyl (C=O) groups excluding carboxylic acids is 1. The van der Waals surface area contributed by atoms with Gasteiger partial charge in [-0.3, -0.25) is 4.79 Å². The minimum Gasteiger partial charge on any atom is -0.325 e. The fourth-order valence-corrected chi connectivity index (χ4v) is 3.34. The third-order valence-corrected chi connectivity index (χ3v) is 5.47. The molecule has 0 radical (unpaired) electrons. The molecule has 142 valence electrons. The number of rotatable bonds is 7. The summed E-state index contributed by atoms with van der Waals surface area (Å²) in [5, 5.41) is 11.2. The fourth-order valence-electron chi connectivity index (χ4n) is 2.27. The molecule has 0 saturated carbocycles. The lowest BCUT2D eigenvalue weighted by Gasteiger charge is -2.27. The van der Waals surface area contributed by atoms with E-state index >= 15 is 0 Å². The van der Waals surface area contributed by atoms with Crippen molar-refractivity contribution in [2.45, 2.75) is 6.42 Å². The van der Waals surface area contributed by atoms with Gasteiger partial charge in [-0.15, -0.1) is 0 Å². The highest BCUT2D eigenvalue weighted by molar-refractivity contribution is 7.90. The first-order valence-electron chi connectivity index (χ1n) is 7.96. The number of amides is 1. The number of para-hydroxylation sites is 1. The highest BCUT2D eigenvalue weighted by Crippen LogP contribution is 2.23. The van der Waals surface area contributed by atoms with Crippen molar-refractivity contribution < 1.29 is 17.6 Å². The zero-order chi connectivity index (χ0) is 20.0. The second-order valence-corrected chi connectivity index (χ2v) is 7.89. The molecule has 0 heterocycles. The quantitative estimate of drug-likeness (QED) is 0.784. The fraction of sp³-hybridized carbons (Fsp3) is 0.222. The average molecular weight is 390 g/mol. The molecule has 2 aromatic carbocycles. The molecule has 2 rings (SSSR count). The number of carbonyl (C=O) groups is 1. The van der Waals surface area contributed by atoms with Crippen LogP contribution >= 0.6 is 0 Å². The molecule has 0 bridgehead atoms. The number of benzene rings is 2. The molecule has 1 N–H and O–H groups in total. The molecule has 9 heteroatoms. The van der Waals surface area contributed by atoms with Crippen molar-refractivity contribution in [2.24, 2.45) is 0 Å². The monoisotopic (exact) mass is 390 g/mol. The van der Waals surface area contributed by atoms with E-state index in [4.69, 9.17) is 5.26 Å². The van der Waals surface area contributed by atoms with E-state index in [-0.39, 0.29) is 12.1 Å². The largest absolute Gasteiger partial charge is 0.325 e. The van der Waals surface area contributed by atoms with Gasteiger partial charge in [0.15, 0.2) is 0 Å². The molecule has 7 nitrogen and oxygen atoms in total. The molecule has 0 aliphatic rings. The lowest BCUT2D eigenvalue weighted by atomic mass is 10.1. The maximum absolute atomic E-state index is 14.1. The number of anilines is 2. The SMILES string of the molecule is CN(C)S(=O)(=O)N(CC(=O)Nc1ccc(CC#N)cc1)c1ccccc1F. The highest BCUT2D eigenvalue weighted by Gasteiger charge is 2.29. The summed E-state index contributed by atoms with van der Waals surface area (Å²) in [6.45, 7) is -0.596. The first-order chi connectivity index (χ1) is 12.8. The standard InChI is InChI=1S/C18H19FN4O3S/c1-22(2)27(25,26)23(17-6-4-3-5-16(17)19)13-18(24)21-15-9-7-14(8-10-15)11-12-20/h3-10H,11,13H2,1-2H3,(H,21,24).